The van der Waals surface area contributed by atoms with Crippen LogP contribution in [0.1, 0.15) is 17.3 Å². The second-order valence-electron chi connectivity index (χ2n) is 3.80. The lowest BCUT2D eigenvalue weighted by molar-refractivity contribution is -0.384. The van der Waals surface area contributed by atoms with E-state index >= 15 is 0 Å². The lowest BCUT2D eigenvalue weighted by Crippen LogP contribution is -2.32. The van der Waals surface area contributed by atoms with E-state index in [-0.39, 0.29) is 16.9 Å². The molecule has 1 aromatic rings. The van der Waals surface area contributed by atoms with Crippen LogP contribution in [0.25, 0.3) is 0 Å². The molecule has 1 amide bonds. The van der Waals surface area contributed by atoms with Gasteiger partial charge in [0.2, 0.25) is 5.91 Å². The van der Waals surface area contributed by atoms with Crippen molar-refractivity contribution in [1.29, 1.82) is 0 Å². The first kappa shape index (κ1) is 14.6. The van der Waals surface area contributed by atoms with Crippen LogP contribution in [0.15, 0.2) is 18.2 Å². The van der Waals surface area contributed by atoms with Crippen molar-refractivity contribution in [3.05, 3.63) is 33.9 Å². The minimum atomic E-state index is -0.777. The molecule has 102 valence electrons. The summed E-state index contributed by atoms with van der Waals surface area (Å²) < 4.78 is 4.48. The van der Waals surface area contributed by atoms with E-state index in [1.165, 1.54) is 13.0 Å². The number of carbonyl (C=O) groups is 2. The summed E-state index contributed by atoms with van der Waals surface area (Å²) in [6.45, 7) is 1.47. The molecule has 0 bridgehead atoms. The number of carbonyl (C=O) groups excluding carboxylic acids is 2. The topological polar surface area (TPSA) is 125 Å². The van der Waals surface area contributed by atoms with Crippen molar-refractivity contribution in [2.45, 2.75) is 13.0 Å². The van der Waals surface area contributed by atoms with Crippen LogP contribution in [0.5, 0.6) is 0 Å². The maximum atomic E-state index is 11.4. The molecule has 0 aliphatic rings. The Morgan fingerprint density at radius 2 is 2.05 bits per heavy atom. The van der Waals surface area contributed by atoms with E-state index in [1.54, 1.807) is 0 Å². The van der Waals surface area contributed by atoms with Crippen molar-refractivity contribution in [2.24, 2.45) is 5.73 Å². The molecule has 1 atom stereocenters. The summed E-state index contributed by atoms with van der Waals surface area (Å²) in [7, 11) is 1.15. The molecule has 1 rings (SSSR count). The average molecular weight is 267 g/mol. The second-order valence-corrected chi connectivity index (χ2v) is 3.80. The highest BCUT2D eigenvalue weighted by atomic mass is 16.6. The average Bonchev–Trinajstić information content (AvgIpc) is 2.37. The van der Waals surface area contributed by atoms with Gasteiger partial charge in [-0.15, -0.1) is 0 Å². The van der Waals surface area contributed by atoms with Gasteiger partial charge in [0.15, 0.2) is 0 Å². The van der Waals surface area contributed by atoms with E-state index in [0.717, 1.165) is 19.2 Å². The highest BCUT2D eigenvalue weighted by molar-refractivity contribution is 5.97. The first-order valence-corrected chi connectivity index (χ1v) is 5.29. The zero-order valence-electron chi connectivity index (χ0n) is 10.4. The number of non-ortho nitro benzene ring substituents is 1. The summed E-state index contributed by atoms with van der Waals surface area (Å²) in [5, 5.41) is 13.1. The fourth-order valence-electron chi connectivity index (χ4n) is 1.28. The minimum Gasteiger partial charge on any atom is -0.465 e. The molecule has 19 heavy (non-hydrogen) atoms. The van der Waals surface area contributed by atoms with Gasteiger partial charge < -0.3 is 15.8 Å². The zero-order chi connectivity index (χ0) is 14.6. The van der Waals surface area contributed by atoms with Gasteiger partial charge in [0, 0.05) is 17.8 Å². The molecule has 1 aromatic carbocycles. The molecule has 0 aromatic heterocycles. The standard InChI is InChI=1S/C11H13N3O5/c1-6(12)10(15)13-8-3-7(11(16)19-2)4-9(5-8)14(17)18/h3-6H,12H2,1-2H3,(H,13,15)/t6-/m0/s1. The SMILES string of the molecule is COC(=O)c1cc(NC(=O)[C@H](C)N)cc([N+](=O)[O-])c1. The maximum Gasteiger partial charge on any atom is 0.338 e. The summed E-state index contributed by atoms with van der Waals surface area (Å²) >= 11 is 0. The van der Waals surface area contributed by atoms with Gasteiger partial charge in [0.1, 0.15) is 0 Å². The van der Waals surface area contributed by atoms with Gasteiger partial charge in [-0.05, 0) is 13.0 Å². The second kappa shape index (κ2) is 5.91. The summed E-state index contributed by atoms with van der Waals surface area (Å²) in [6, 6.07) is 2.69. The molecule has 0 saturated carbocycles. The number of methoxy groups -OCH3 is 1. The van der Waals surface area contributed by atoms with Crippen LogP contribution in [0.4, 0.5) is 11.4 Å². The molecule has 0 fully saturated rings. The lowest BCUT2D eigenvalue weighted by Gasteiger charge is -2.09. The molecule has 8 heteroatoms. The van der Waals surface area contributed by atoms with E-state index in [1.807, 2.05) is 0 Å². The number of nitrogens with two attached hydrogens (primary N) is 1. The predicted molar refractivity (Wildman–Crippen MR) is 66.7 cm³/mol. The Labute approximate surface area is 108 Å². The number of anilines is 1. The van der Waals surface area contributed by atoms with E-state index in [0.29, 0.717) is 0 Å². The highest BCUT2D eigenvalue weighted by Crippen LogP contribution is 2.21. The molecular weight excluding hydrogens is 254 g/mol. The molecule has 0 heterocycles. The van der Waals surface area contributed by atoms with Crippen LogP contribution in [0, 0.1) is 10.1 Å². The van der Waals surface area contributed by atoms with Crippen molar-refractivity contribution in [3.63, 3.8) is 0 Å². The Morgan fingerprint density at radius 3 is 2.53 bits per heavy atom. The molecule has 8 nitrogen and oxygen atoms in total. The first-order chi connectivity index (χ1) is 8.85. The number of ether oxygens (including phenoxy) is 1. The highest BCUT2D eigenvalue weighted by Gasteiger charge is 2.16. The summed E-state index contributed by atoms with van der Waals surface area (Å²) in [5.74, 6) is -1.25. The van der Waals surface area contributed by atoms with Gasteiger partial charge in [0.25, 0.3) is 5.69 Å². The molecular formula is C11H13N3O5. The number of esters is 1. The molecule has 3 N–H and O–H groups in total. The number of benzene rings is 1. The Morgan fingerprint density at radius 1 is 1.42 bits per heavy atom. The molecule has 0 saturated heterocycles. The minimum absolute atomic E-state index is 0.0309. The smallest absolute Gasteiger partial charge is 0.338 e. The quantitative estimate of drug-likeness (QED) is 0.469. The Balaban J connectivity index is 3.17. The lowest BCUT2D eigenvalue weighted by atomic mass is 10.1. The zero-order valence-corrected chi connectivity index (χ0v) is 10.4. The molecule has 0 aliphatic heterocycles. The number of nitrogens with zero attached hydrogens (tertiary/aromatic N) is 1. The van der Waals surface area contributed by atoms with Gasteiger partial charge in [0.05, 0.1) is 23.6 Å². The van der Waals surface area contributed by atoms with E-state index in [9.17, 15) is 19.7 Å². The van der Waals surface area contributed by atoms with Crippen molar-refractivity contribution in [2.75, 3.05) is 12.4 Å². The third kappa shape index (κ3) is 3.75. The maximum absolute atomic E-state index is 11.4. The normalized spacial score (nSPS) is 11.5. The predicted octanol–water partition coefficient (Wildman–Crippen LogP) is 0.667. The Bertz CT molecular complexity index is 527. The summed E-state index contributed by atoms with van der Waals surface area (Å²) in [6.07, 6.45) is 0. The van der Waals surface area contributed by atoms with Gasteiger partial charge >= 0.3 is 5.97 Å². The van der Waals surface area contributed by atoms with Crippen LogP contribution in [-0.4, -0.2) is 30.0 Å². The van der Waals surface area contributed by atoms with Gasteiger partial charge in [-0.3, -0.25) is 14.9 Å². The number of hydrogen-bond acceptors (Lipinski definition) is 6. The van der Waals surface area contributed by atoms with Gasteiger partial charge in [-0.2, -0.15) is 0 Å². The monoisotopic (exact) mass is 267 g/mol. The van der Waals surface area contributed by atoms with Crippen molar-refractivity contribution >= 4 is 23.3 Å². The number of amides is 1. The Kier molecular flexibility index (Phi) is 4.54. The fourth-order valence-corrected chi connectivity index (χ4v) is 1.28. The van der Waals surface area contributed by atoms with Crippen LogP contribution in [-0.2, 0) is 9.53 Å². The number of rotatable bonds is 4. The molecule has 0 unspecified atom stereocenters. The van der Waals surface area contributed by atoms with Crippen LogP contribution in [0.2, 0.25) is 0 Å². The van der Waals surface area contributed by atoms with E-state index < -0.39 is 22.8 Å². The molecule has 0 radical (unpaired) electrons. The largest absolute Gasteiger partial charge is 0.465 e. The number of nitrogens with one attached hydrogen (secondary N) is 1. The van der Waals surface area contributed by atoms with E-state index in [2.05, 4.69) is 10.1 Å². The van der Waals surface area contributed by atoms with Gasteiger partial charge in [-0.1, -0.05) is 0 Å². The Hall–Kier alpha value is -2.48. The van der Waals surface area contributed by atoms with Gasteiger partial charge in [-0.25, -0.2) is 4.79 Å². The fraction of sp³-hybridized carbons (Fsp3) is 0.273. The van der Waals surface area contributed by atoms with Crippen LogP contribution < -0.4 is 11.1 Å². The van der Waals surface area contributed by atoms with Crippen molar-refractivity contribution in [3.8, 4) is 0 Å². The molecule has 0 spiro atoms. The van der Waals surface area contributed by atoms with E-state index in [4.69, 9.17) is 5.73 Å². The number of nitro benzene ring substituents is 1. The third-order valence-electron chi connectivity index (χ3n) is 2.23. The first-order valence-electron chi connectivity index (χ1n) is 5.29. The number of nitro groups is 1. The molecule has 0 aliphatic carbocycles. The van der Waals surface area contributed by atoms with Crippen LogP contribution in [0.3, 0.4) is 0 Å². The summed E-state index contributed by atoms with van der Waals surface area (Å²) in [4.78, 5) is 32.9. The number of hydrogen-bond donors (Lipinski definition) is 2. The van der Waals surface area contributed by atoms with Crippen molar-refractivity contribution < 1.29 is 19.2 Å². The third-order valence-corrected chi connectivity index (χ3v) is 2.23. The van der Waals surface area contributed by atoms with Crippen molar-refractivity contribution in [1.82, 2.24) is 0 Å². The summed E-state index contributed by atoms with van der Waals surface area (Å²) in [5.41, 5.74) is 5.11. The van der Waals surface area contributed by atoms with Crippen LogP contribution >= 0.6 is 0 Å².